The van der Waals surface area contributed by atoms with Crippen molar-refractivity contribution < 1.29 is 0 Å². The van der Waals surface area contributed by atoms with Gasteiger partial charge in [0.15, 0.2) is 0 Å². The molecule has 0 saturated carbocycles. The van der Waals surface area contributed by atoms with E-state index in [9.17, 15) is 0 Å². The van der Waals surface area contributed by atoms with Crippen molar-refractivity contribution >= 4 is 34.8 Å². The van der Waals surface area contributed by atoms with Crippen LogP contribution < -0.4 is 10.6 Å². The fourth-order valence-electron chi connectivity index (χ4n) is 1.63. The first-order valence-electron chi connectivity index (χ1n) is 4.63. The molecule has 2 N–H and O–H groups in total. The van der Waals surface area contributed by atoms with Crippen molar-refractivity contribution in [2.45, 2.75) is 6.04 Å². The minimum atomic E-state index is 0.0965. The lowest BCUT2D eigenvalue weighted by Crippen LogP contribution is -2.42. The van der Waals surface area contributed by atoms with Crippen molar-refractivity contribution in [3.8, 4) is 0 Å². The molecule has 82 valence electrons. The zero-order chi connectivity index (χ0) is 10.8. The van der Waals surface area contributed by atoms with Gasteiger partial charge in [0.1, 0.15) is 5.15 Å². The van der Waals surface area contributed by atoms with E-state index in [0.29, 0.717) is 15.2 Å². The Hall–Kier alpha value is -0.0600. The molecule has 0 unspecified atom stereocenters. The molecule has 6 heteroatoms. The normalized spacial score (nSPS) is 21.7. The van der Waals surface area contributed by atoms with Gasteiger partial charge in [-0.15, -0.1) is 0 Å². The second-order valence-electron chi connectivity index (χ2n) is 3.34. The van der Waals surface area contributed by atoms with Crippen LogP contribution in [-0.4, -0.2) is 24.6 Å². The van der Waals surface area contributed by atoms with Gasteiger partial charge in [0.05, 0.1) is 10.0 Å². The Morgan fingerprint density at radius 1 is 1.27 bits per heavy atom. The Labute approximate surface area is 103 Å². The van der Waals surface area contributed by atoms with Crippen molar-refractivity contribution in [2.75, 3.05) is 19.6 Å². The quantitative estimate of drug-likeness (QED) is 0.766. The van der Waals surface area contributed by atoms with Crippen molar-refractivity contribution in [3.05, 3.63) is 27.0 Å². The van der Waals surface area contributed by atoms with E-state index in [0.717, 1.165) is 25.2 Å². The van der Waals surface area contributed by atoms with Gasteiger partial charge in [0.25, 0.3) is 0 Å². The van der Waals surface area contributed by atoms with Crippen molar-refractivity contribution in [1.29, 1.82) is 0 Å². The van der Waals surface area contributed by atoms with Crippen LogP contribution in [0, 0.1) is 0 Å². The van der Waals surface area contributed by atoms with Gasteiger partial charge in [-0.3, -0.25) is 0 Å². The summed E-state index contributed by atoms with van der Waals surface area (Å²) in [5, 5.41) is 7.87. The van der Waals surface area contributed by atoms with Crippen LogP contribution in [0.25, 0.3) is 0 Å². The fourth-order valence-corrected chi connectivity index (χ4v) is 2.39. The molecule has 0 aliphatic carbocycles. The Morgan fingerprint density at radius 2 is 2.07 bits per heavy atom. The molecular formula is C9H10Cl3N3. The molecule has 0 spiro atoms. The minimum Gasteiger partial charge on any atom is -0.314 e. The second-order valence-corrected chi connectivity index (χ2v) is 4.48. The zero-order valence-corrected chi connectivity index (χ0v) is 10.1. The van der Waals surface area contributed by atoms with Gasteiger partial charge >= 0.3 is 0 Å². The van der Waals surface area contributed by atoms with E-state index in [4.69, 9.17) is 34.8 Å². The van der Waals surface area contributed by atoms with E-state index in [1.54, 1.807) is 0 Å². The summed E-state index contributed by atoms with van der Waals surface area (Å²) in [6.07, 6.45) is 1.53. The molecule has 1 saturated heterocycles. The van der Waals surface area contributed by atoms with Crippen LogP contribution in [-0.2, 0) is 0 Å². The minimum absolute atomic E-state index is 0.0965. The molecule has 0 amide bonds. The lowest BCUT2D eigenvalue weighted by Gasteiger charge is -2.26. The Kier molecular flexibility index (Phi) is 3.69. The summed E-state index contributed by atoms with van der Waals surface area (Å²) < 4.78 is 0. The Morgan fingerprint density at radius 3 is 2.73 bits per heavy atom. The number of pyridine rings is 1. The predicted molar refractivity (Wildman–Crippen MR) is 62.9 cm³/mol. The van der Waals surface area contributed by atoms with Crippen molar-refractivity contribution in [1.82, 2.24) is 15.6 Å². The van der Waals surface area contributed by atoms with E-state index >= 15 is 0 Å². The van der Waals surface area contributed by atoms with Gasteiger partial charge in [0.2, 0.25) is 0 Å². The molecule has 0 aromatic carbocycles. The number of halogens is 3. The van der Waals surface area contributed by atoms with E-state index in [1.807, 2.05) is 0 Å². The molecule has 1 aliphatic rings. The van der Waals surface area contributed by atoms with Gasteiger partial charge in [-0.05, 0) is 0 Å². The molecule has 0 bridgehead atoms. The molecule has 0 radical (unpaired) electrons. The summed E-state index contributed by atoms with van der Waals surface area (Å²) in [6.45, 7) is 2.63. The number of nitrogens with zero attached hydrogens (tertiary/aromatic N) is 1. The predicted octanol–water partition coefficient (Wildman–Crippen LogP) is 2.28. The largest absolute Gasteiger partial charge is 0.314 e. The summed E-state index contributed by atoms with van der Waals surface area (Å²) in [6, 6.07) is 0.0965. The molecule has 1 aliphatic heterocycles. The highest BCUT2D eigenvalue weighted by Gasteiger charge is 2.21. The number of piperazine rings is 1. The van der Waals surface area contributed by atoms with Gasteiger partial charge in [-0.1, -0.05) is 34.8 Å². The number of nitrogens with one attached hydrogen (secondary N) is 2. The summed E-state index contributed by atoms with van der Waals surface area (Å²) in [5.74, 6) is 0. The molecule has 15 heavy (non-hydrogen) atoms. The molecular weight excluding hydrogens is 256 g/mol. The SMILES string of the molecule is Clc1cnc(Cl)c(Cl)c1[C@@H]1CNCCN1. The third-order valence-electron chi connectivity index (χ3n) is 2.36. The highest BCUT2D eigenvalue weighted by molar-refractivity contribution is 6.43. The summed E-state index contributed by atoms with van der Waals surface area (Å²) in [4.78, 5) is 3.89. The van der Waals surface area contributed by atoms with Gasteiger partial charge in [-0.2, -0.15) is 0 Å². The highest BCUT2D eigenvalue weighted by Crippen LogP contribution is 2.34. The Balaban J connectivity index is 2.36. The lowest BCUT2D eigenvalue weighted by molar-refractivity contribution is 0.430. The standard InChI is InChI=1S/C9H10Cl3N3/c10-5-3-15-9(12)8(11)7(5)6-4-13-1-2-14-6/h3,6,13-14H,1-2,4H2/t6-/m0/s1. The average molecular weight is 267 g/mol. The first kappa shape index (κ1) is 11.4. The fraction of sp³-hybridized carbons (Fsp3) is 0.444. The monoisotopic (exact) mass is 265 g/mol. The number of aromatic nitrogens is 1. The summed E-state index contributed by atoms with van der Waals surface area (Å²) >= 11 is 18.0. The van der Waals surface area contributed by atoms with Gasteiger partial charge in [-0.25, -0.2) is 4.98 Å². The van der Waals surface area contributed by atoms with Crippen LogP contribution in [0.3, 0.4) is 0 Å². The van der Waals surface area contributed by atoms with Gasteiger partial charge in [0, 0.05) is 37.4 Å². The maximum atomic E-state index is 6.09. The first-order chi connectivity index (χ1) is 7.20. The molecule has 1 fully saturated rings. The smallest absolute Gasteiger partial charge is 0.148 e. The summed E-state index contributed by atoms with van der Waals surface area (Å²) in [7, 11) is 0. The zero-order valence-electron chi connectivity index (χ0n) is 7.86. The molecule has 1 aromatic heterocycles. The number of rotatable bonds is 1. The summed E-state index contributed by atoms with van der Waals surface area (Å²) in [5.41, 5.74) is 0.825. The molecule has 1 atom stereocenters. The van der Waals surface area contributed by atoms with E-state index < -0.39 is 0 Å². The lowest BCUT2D eigenvalue weighted by atomic mass is 10.1. The van der Waals surface area contributed by atoms with E-state index in [1.165, 1.54) is 6.20 Å². The maximum absolute atomic E-state index is 6.09. The van der Waals surface area contributed by atoms with Crippen molar-refractivity contribution in [3.63, 3.8) is 0 Å². The van der Waals surface area contributed by atoms with Crippen LogP contribution in [0.5, 0.6) is 0 Å². The second kappa shape index (κ2) is 4.85. The van der Waals surface area contributed by atoms with Crippen LogP contribution in [0.15, 0.2) is 6.20 Å². The van der Waals surface area contributed by atoms with E-state index in [-0.39, 0.29) is 6.04 Å². The van der Waals surface area contributed by atoms with Crippen LogP contribution in [0.4, 0.5) is 0 Å². The third-order valence-corrected chi connectivity index (χ3v) is 3.42. The van der Waals surface area contributed by atoms with Gasteiger partial charge < -0.3 is 10.6 Å². The highest BCUT2D eigenvalue weighted by atomic mass is 35.5. The van der Waals surface area contributed by atoms with Crippen LogP contribution in [0.2, 0.25) is 15.2 Å². The van der Waals surface area contributed by atoms with Crippen LogP contribution >= 0.6 is 34.8 Å². The first-order valence-corrected chi connectivity index (χ1v) is 5.77. The molecule has 2 rings (SSSR count). The maximum Gasteiger partial charge on any atom is 0.148 e. The number of hydrogen-bond acceptors (Lipinski definition) is 3. The molecule has 3 nitrogen and oxygen atoms in total. The topological polar surface area (TPSA) is 37.0 Å². The molecule has 2 heterocycles. The third kappa shape index (κ3) is 2.37. The molecule has 1 aromatic rings. The Bertz CT molecular complexity index is 364. The van der Waals surface area contributed by atoms with Crippen LogP contribution in [0.1, 0.15) is 11.6 Å². The number of hydrogen-bond donors (Lipinski definition) is 2. The van der Waals surface area contributed by atoms with Crippen molar-refractivity contribution in [2.24, 2.45) is 0 Å². The van der Waals surface area contributed by atoms with E-state index in [2.05, 4.69) is 15.6 Å². The average Bonchev–Trinajstić information content (AvgIpc) is 2.26.